The molecule has 1 aliphatic rings. The van der Waals surface area contributed by atoms with Gasteiger partial charge in [0.05, 0.1) is 11.2 Å². The number of rotatable bonds is 1. The molecule has 0 unspecified atom stereocenters. The molecule has 96 valence electrons. The van der Waals surface area contributed by atoms with Gasteiger partial charge in [-0.25, -0.2) is 0 Å². The van der Waals surface area contributed by atoms with Gasteiger partial charge in [-0.15, -0.1) is 0 Å². The van der Waals surface area contributed by atoms with Gasteiger partial charge >= 0.3 is 0 Å². The van der Waals surface area contributed by atoms with Gasteiger partial charge in [0.15, 0.2) is 0 Å². The van der Waals surface area contributed by atoms with Gasteiger partial charge in [0.1, 0.15) is 0 Å². The van der Waals surface area contributed by atoms with Crippen LogP contribution in [-0.2, 0) is 7.05 Å². The summed E-state index contributed by atoms with van der Waals surface area (Å²) >= 11 is 0. The molecule has 0 atom stereocenters. The molecule has 0 amide bonds. The fourth-order valence-corrected chi connectivity index (χ4v) is 2.95. The van der Waals surface area contributed by atoms with Crippen molar-refractivity contribution in [2.24, 2.45) is 7.05 Å². The zero-order valence-corrected chi connectivity index (χ0v) is 11.5. The van der Waals surface area contributed by atoms with Crippen LogP contribution in [-0.4, -0.2) is 30.7 Å². The van der Waals surface area contributed by atoms with E-state index in [9.17, 15) is 0 Å². The maximum Gasteiger partial charge on any atom is 0.0657 e. The minimum Gasteiger partial charge on any atom is -0.367 e. The summed E-state index contributed by atoms with van der Waals surface area (Å²) in [7, 11) is 2.17. The number of nitrogens with one attached hydrogen (secondary N) is 1. The van der Waals surface area contributed by atoms with Gasteiger partial charge in [0.25, 0.3) is 0 Å². The summed E-state index contributed by atoms with van der Waals surface area (Å²) in [5.41, 5.74) is 5.48. The molecule has 1 aromatic heterocycles. The Labute approximate surface area is 108 Å². The average Bonchev–Trinajstić information content (AvgIpc) is 2.63. The molecule has 0 aliphatic carbocycles. The van der Waals surface area contributed by atoms with Gasteiger partial charge in [-0.2, -0.15) is 0 Å². The molecule has 18 heavy (non-hydrogen) atoms. The topological polar surface area (TPSA) is 20.2 Å². The van der Waals surface area contributed by atoms with E-state index in [1.54, 1.807) is 0 Å². The first-order chi connectivity index (χ1) is 8.68. The van der Waals surface area contributed by atoms with Gasteiger partial charge in [-0.1, -0.05) is 11.6 Å². The van der Waals surface area contributed by atoms with E-state index in [-0.39, 0.29) is 0 Å². The summed E-state index contributed by atoms with van der Waals surface area (Å²) in [5, 5.41) is 4.82. The first-order valence-corrected chi connectivity index (χ1v) is 6.70. The molecule has 2 aromatic rings. The fourth-order valence-electron chi connectivity index (χ4n) is 2.95. The molecule has 0 radical (unpaired) electrons. The summed E-state index contributed by atoms with van der Waals surface area (Å²) in [5.74, 6) is 0. The number of aromatic nitrogens is 1. The quantitative estimate of drug-likeness (QED) is 0.828. The normalized spacial score (nSPS) is 16.5. The maximum absolute atomic E-state index is 3.42. The summed E-state index contributed by atoms with van der Waals surface area (Å²) in [6, 6.07) is 6.76. The highest BCUT2D eigenvalue weighted by atomic mass is 15.2. The first-order valence-electron chi connectivity index (χ1n) is 6.70. The molecule has 1 aromatic carbocycles. The summed E-state index contributed by atoms with van der Waals surface area (Å²) < 4.78 is 2.31. The molecule has 2 heterocycles. The first kappa shape index (κ1) is 11.6. The Hall–Kier alpha value is -1.48. The maximum atomic E-state index is 3.42. The predicted octanol–water partition coefficient (Wildman–Crippen LogP) is 2.20. The van der Waals surface area contributed by atoms with Crippen molar-refractivity contribution in [2.75, 3.05) is 31.1 Å². The van der Waals surface area contributed by atoms with Gasteiger partial charge in [-0.3, -0.25) is 0 Å². The predicted molar refractivity (Wildman–Crippen MR) is 77.5 cm³/mol. The molecule has 1 saturated heterocycles. The van der Waals surface area contributed by atoms with Crippen molar-refractivity contribution in [1.29, 1.82) is 0 Å². The van der Waals surface area contributed by atoms with Crippen molar-refractivity contribution < 1.29 is 0 Å². The average molecular weight is 243 g/mol. The number of benzene rings is 1. The van der Waals surface area contributed by atoms with Crippen molar-refractivity contribution in [1.82, 2.24) is 9.88 Å². The van der Waals surface area contributed by atoms with Crippen LogP contribution in [0.5, 0.6) is 0 Å². The number of aryl methyl sites for hydroxylation is 2. The van der Waals surface area contributed by atoms with E-state index < -0.39 is 0 Å². The van der Waals surface area contributed by atoms with E-state index in [0.29, 0.717) is 0 Å². The highest BCUT2D eigenvalue weighted by Crippen LogP contribution is 2.33. The van der Waals surface area contributed by atoms with Crippen LogP contribution >= 0.6 is 0 Å². The van der Waals surface area contributed by atoms with Crippen LogP contribution < -0.4 is 10.2 Å². The summed E-state index contributed by atoms with van der Waals surface area (Å²) in [6.07, 6.45) is 0. The van der Waals surface area contributed by atoms with Crippen LogP contribution in [0, 0.1) is 13.8 Å². The third-order valence-corrected chi connectivity index (χ3v) is 4.05. The van der Waals surface area contributed by atoms with Crippen molar-refractivity contribution in [3.05, 3.63) is 29.5 Å². The second-order valence-electron chi connectivity index (χ2n) is 5.25. The van der Waals surface area contributed by atoms with Crippen molar-refractivity contribution in [3.8, 4) is 0 Å². The lowest BCUT2D eigenvalue weighted by Gasteiger charge is -2.29. The second kappa shape index (κ2) is 4.32. The number of nitrogens with zero attached hydrogens (tertiary/aromatic N) is 2. The molecule has 0 spiro atoms. The zero-order chi connectivity index (χ0) is 12.7. The summed E-state index contributed by atoms with van der Waals surface area (Å²) in [6.45, 7) is 8.78. The fraction of sp³-hybridized carbons (Fsp3) is 0.467. The van der Waals surface area contributed by atoms with Crippen LogP contribution in [0.1, 0.15) is 11.3 Å². The molecule has 0 saturated carbocycles. The molecule has 3 heteroatoms. The van der Waals surface area contributed by atoms with Gasteiger partial charge in [0, 0.05) is 44.3 Å². The molecule has 3 rings (SSSR count). The van der Waals surface area contributed by atoms with E-state index in [1.807, 2.05) is 0 Å². The van der Waals surface area contributed by atoms with Crippen molar-refractivity contribution in [3.63, 3.8) is 0 Å². The molecular weight excluding hydrogens is 222 g/mol. The Morgan fingerprint density at radius 1 is 1.11 bits per heavy atom. The summed E-state index contributed by atoms with van der Waals surface area (Å²) in [4.78, 5) is 2.52. The highest BCUT2D eigenvalue weighted by molar-refractivity contribution is 5.96. The lowest BCUT2D eigenvalue weighted by atomic mass is 10.1. The number of hydrogen-bond donors (Lipinski definition) is 1. The van der Waals surface area contributed by atoms with Crippen LogP contribution in [0.15, 0.2) is 18.2 Å². The third kappa shape index (κ3) is 1.70. The highest BCUT2D eigenvalue weighted by Gasteiger charge is 2.19. The molecule has 0 bridgehead atoms. The molecule has 1 N–H and O–H groups in total. The Morgan fingerprint density at radius 2 is 1.83 bits per heavy atom. The minimum atomic E-state index is 1.08. The monoisotopic (exact) mass is 243 g/mol. The molecule has 1 fully saturated rings. The third-order valence-electron chi connectivity index (χ3n) is 4.05. The minimum absolute atomic E-state index is 1.08. The lowest BCUT2D eigenvalue weighted by molar-refractivity contribution is 0.589. The van der Waals surface area contributed by atoms with E-state index in [4.69, 9.17) is 0 Å². The van der Waals surface area contributed by atoms with Crippen LogP contribution in [0.2, 0.25) is 0 Å². The number of anilines is 1. The largest absolute Gasteiger partial charge is 0.367 e. The Morgan fingerprint density at radius 3 is 2.56 bits per heavy atom. The molecular formula is C15H21N3. The Kier molecular flexibility index (Phi) is 2.78. The van der Waals surface area contributed by atoms with Crippen LogP contribution in [0.3, 0.4) is 0 Å². The Balaban J connectivity index is 2.20. The van der Waals surface area contributed by atoms with E-state index in [2.05, 4.69) is 53.9 Å². The number of hydrogen-bond acceptors (Lipinski definition) is 2. The molecule has 1 aliphatic heterocycles. The standard InChI is InChI=1S/C15H21N3/c1-11-4-5-14-13(10-11)15(12(2)17(14)3)18-8-6-16-7-9-18/h4-5,10,16H,6-9H2,1-3H3. The SMILES string of the molecule is Cc1ccc2c(c1)c(N1CCNCC1)c(C)n2C. The smallest absolute Gasteiger partial charge is 0.0657 e. The molecule has 3 nitrogen and oxygen atoms in total. The van der Waals surface area contributed by atoms with Gasteiger partial charge < -0.3 is 14.8 Å². The van der Waals surface area contributed by atoms with E-state index in [0.717, 1.165) is 26.2 Å². The lowest BCUT2D eigenvalue weighted by Crippen LogP contribution is -2.43. The van der Waals surface area contributed by atoms with Crippen LogP contribution in [0.25, 0.3) is 10.9 Å². The Bertz CT molecular complexity index is 577. The van der Waals surface area contributed by atoms with Gasteiger partial charge in [-0.05, 0) is 26.0 Å². The number of fused-ring (bicyclic) bond motifs is 1. The van der Waals surface area contributed by atoms with Crippen molar-refractivity contribution >= 4 is 16.6 Å². The van der Waals surface area contributed by atoms with Crippen molar-refractivity contribution in [2.45, 2.75) is 13.8 Å². The van der Waals surface area contributed by atoms with Crippen LogP contribution in [0.4, 0.5) is 5.69 Å². The van der Waals surface area contributed by atoms with E-state index >= 15 is 0 Å². The zero-order valence-electron chi connectivity index (χ0n) is 11.5. The van der Waals surface area contributed by atoms with Gasteiger partial charge in [0.2, 0.25) is 0 Å². The second-order valence-corrected chi connectivity index (χ2v) is 5.25. The van der Waals surface area contributed by atoms with E-state index in [1.165, 1.54) is 27.8 Å². The number of piperazine rings is 1.